The van der Waals surface area contributed by atoms with E-state index in [1.807, 2.05) is 36.4 Å². The third kappa shape index (κ3) is 4.17. The molecule has 2 amide bonds. The number of fused-ring (bicyclic) bond motifs is 1. The number of esters is 1. The van der Waals surface area contributed by atoms with Gasteiger partial charge < -0.3 is 4.74 Å². The van der Waals surface area contributed by atoms with Gasteiger partial charge in [-0.2, -0.15) is 0 Å². The Morgan fingerprint density at radius 2 is 1.50 bits per heavy atom. The molecule has 1 aliphatic heterocycles. The summed E-state index contributed by atoms with van der Waals surface area (Å²) < 4.78 is 4.95. The fourth-order valence-corrected chi connectivity index (χ4v) is 3.79. The van der Waals surface area contributed by atoms with Crippen LogP contribution in [0.2, 0.25) is 0 Å². The Balaban J connectivity index is 1.56. The Kier molecular flexibility index (Phi) is 6.14. The molecule has 3 aromatic rings. The van der Waals surface area contributed by atoms with Crippen molar-refractivity contribution >= 4 is 17.8 Å². The Morgan fingerprint density at radius 1 is 0.844 bits per heavy atom. The molecule has 0 fully saturated rings. The van der Waals surface area contributed by atoms with E-state index in [2.05, 4.69) is 11.8 Å². The van der Waals surface area contributed by atoms with Crippen LogP contribution in [0.15, 0.2) is 72.8 Å². The van der Waals surface area contributed by atoms with E-state index in [4.69, 9.17) is 4.74 Å². The molecule has 158 valence electrons. The fourth-order valence-electron chi connectivity index (χ4n) is 3.79. The molecule has 3 aromatic carbocycles. The molecule has 0 saturated heterocycles. The lowest BCUT2D eigenvalue weighted by Crippen LogP contribution is -2.31. The number of methoxy groups -OCH3 is 1. The Morgan fingerprint density at radius 3 is 2.16 bits per heavy atom. The van der Waals surface area contributed by atoms with Crippen molar-refractivity contribution < 1.29 is 19.1 Å². The summed E-state index contributed by atoms with van der Waals surface area (Å²) in [6, 6.07) is 21.8. The molecule has 32 heavy (non-hydrogen) atoms. The molecular formula is C27H21NO4. The van der Waals surface area contributed by atoms with Crippen LogP contribution in [0.3, 0.4) is 0 Å². The van der Waals surface area contributed by atoms with Gasteiger partial charge in [0.05, 0.1) is 23.8 Å². The predicted octanol–water partition coefficient (Wildman–Crippen LogP) is 4.10. The van der Waals surface area contributed by atoms with Gasteiger partial charge in [0.25, 0.3) is 11.8 Å². The highest BCUT2D eigenvalue weighted by Gasteiger charge is 2.34. The third-order valence-corrected chi connectivity index (χ3v) is 5.38. The first kappa shape index (κ1) is 21.1. The van der Waals surface area contributed by atoms with Gasteiger partial charge in [-0.15, -0.1) is 0 Å². The largest absolute Gasteiger partial charge is 0.465 e. The van der Waals surface area contributed by atoms with E-state index in [9.17, 15) is 14.4 Å². The molecule has 4 rings (SSSR count). The molecule has 5 heteroatoms. The van der Waals surface area contributed by atoms with Gasteiger partial charge in [-0.3, -0.25) is 14.5 Å². The summed E-state index contributed by atoms with van der Waals surface area (Å²) in [7, 11) is 1.34. The van der Waals surface area contributed by atoms with Gasteiger partial charge in [0, 0.05) is 17.7 Å². The molecule has 1 heterocycles. The van der Waals surface area contributed by atoms with Gasteiger partial charge in [0.15, 0.2) is 0 Å². The van der Waals surface area contributed by atoms with Crippen LogP contribution in [0.1, 0.15) is 54.2 Å². The van der Waals surface area contributed by atoms with E-state index in [0.717, 1.165) is 16.7 Å². The van der Waals surface area contributed by atoms with Crippen molar-refractivity contribution in [1.82, 2.24) is 4.90 Å². The van der Waals surface area contributed by atoms with Gasteiger partial charge >= 0.3 is 5.97 Å². The second kappa shape index (κ2) is 9.32. The number of benzene rings is 3. The van der Waals surface area contributed by atoms with Crippen LogP contribution in [0, 0.1) is 11.8 Å². The second-order valence-electron chi connectivity index (χ2n) is 7.35. The van der Waals surface area contributed by atoms with Gasteiger partial charge in [-0.1, -0.05) is 48.2 Å². The molecule has 0 atom stereocenters. The number of ether oxygens (including phenoxy) is 1. The summed E-state index contributed by atoms with van der Waals surface area (Å²) in [4.78, 5) is 38.8. The van der Waals surface area contributed by atoms with Crippen LogP contribution in [-0.2, 0) is 11.2 Å². The first-order chi connectivity index (χ1) is 15.6. The fraction of sp³-hybridized carbons (Fsp3) is 0.148. The minimum absolute atomic E-state index is 0.257. The van der Waals surface area contributed by atoms with E-state index in [0.29, 0.717) is 29.5 Å². The van der Waals surface area contributed by atoms with Crippen LogP contribution >= 0.6 is 0 Å². The Hall–Kier alpha value is -4.17. The molecular weight excluding hydrogens is 402 g/mol. The maximum absolute atomic E-state index is 12.6. The predicted molar refractivity (Wildman–Crippen MR) is 120 cm³/mol. The second-order valence-corrected chi connectivity index (χ2v) is 7.35. The molecule has 5 nitrogen and oxygen atoms in total. The monoisotopic (exact) mass is 423 g/mol. The summed E-state index contributed by atoms with van der Waals surface area (Å²) in [5.41, 5.74) is 3.64. The molecule has 0 aromatic heterocycles. The number of amides is 2. The van der Waals surface area contributed by atoms with Crippen molar-refractivity contribution in [3.8, 4) is 11.8 Å². The van der Waals surface area contributed by atoms with Crippen molar-refractivity contribution in [1.29, 1.82) is 0 Å². The highest BCUT2D eigenvalue weighted by molar-refractivity contribution is 6.21. The SMILES string of the molecule is COC(=O)c1cccc(C#Cc2ccccc2)c1CCCN1C(=O)c2ccccc2C1=O. The standard InChI is InChI=1S/C27H21NO4/c1-32-27(31)24-14-7-11-20(17-16-19-9-3-2-4-10-19)21(24)15-8-18-28-25(29)22-12-5-6-13-23(22)26(28)30/h2-7,9-14H,8,15,18H2,1H3. The number of hydrogen-bond donors (Lipinski definition) is 0. The highest BCUT2D eigenvalue weighted by Crippen LogP contribution is 2.24. The number of nitrogens with zero attached hydrogens (tertiary/aromatic N) is 1. The normalized spacial score (nSPS) is 12.2. The van der Waals surface area contributed by atoms with Crippen molar-refractivity contribution in [3.05, 3.63) is 106 Å². The molecule has 0 radical (unpaired) electrons. The summed E-state index contributed by atoms with van der Waals surface area (Å²) in [5.74, 6) is 5.27. The molecule has 0 N–H and O–H groups in total. The number of carbonyl (C=O) groups excluding carboxylic acids is 3. The third-order valence-electron chi connectivity index (χ3n) is 5.38. The van der Waals surface area contributed by atoms with Crippen molar-refractivity contribution in [2.75, 3.05) is 13.7 Å². The van der Waals surface area contributed by atoms with E-state index in [-0.39, 0.29) is 18.4 Å². The summed E-state index contributed by atoms with van der Waals surface area (Å²) >= 11 is 0. The van der Waals surface area contributed by atoms with Crippen molar-refractivity contribution in [2.45, 2.75) is 12.8 Å². The van der Waals surface area contributed by atoms with Gasteiger partial charge in [-0.25, -0.2) is 4.79 Å². The minimum Gasteiger partial charge on any atom is -0.465 e. The quantitative estimate of drug-likeness (QED) is 0.352. The molecule has 0 spiro atoms. The molecule has 0 unspecified atom stereocenters. The van der Waals surface area contributed by atoms with Crippen LogP contribution in [0.25, 0.3) is 0 Å². The molecule has 0 bridgehead atoms. The van der Waals surface area contributed by atoms with Gasteiger partial charge in [0.2, 0.25) is 0 Å². The van der Waals surface area contributed by atoms with E-state index in [1.165, 1.54) is 12.0 Å². The van der Waals surface area contributed by atoms with Gasteiger partial charge in [-0.05, 0) is 54.8 Å². The van der Waals surface area contributed by atoms with Crippen LogP contribution < -0.4 is 0 Å². The average molecular weight is 423 g/mol. The highest BCUT2D eigenvalue weighted by atomic mass is 16.5. The first-order valence-electron chi connectivity index (χ1n) is 10.3. The number of imide groups is 1. The van der Waals surface area contributed by atoms with E-state index < -0.39 is 5.97 Å². The van der Waals surface area contributed by atoms with Crippen LogP contribution in [0.5, 0.6) is 0 Å². The summed E-state index contributed by atoms with van der Waals surface area (Å²) in [6.07, 6.45) is 0.969. The summed E-state index contributed by atoms with van der Waals surface area (Å²) in [6.45, 7) is 0.257. The van der Waals surface area contributed by atoms with E-state index >= 15 is 0 Å². The lowest BCUT2D eigenvalue weighted by molar-refractivity contribution is 0.0595. The molecule has 1 aliphatic rings. The molecule has 0 saturated carbocycles. The average Bonchev–Trinajstić information content (AvgIpc) is 3.08. The van der Waals surface area contributed by atoms with Gasteiger partial charge in [0.1, 0.15) is 0 Å². The Bertz CT molecular complexity index is 1220. The maximum atomic E-state index is 12.6. The lowest BCUT2D eigenvalue weighted by atomic mass is 9.96. The topological polar surface area (TPSA) is 63.7 Å². The van der Waals surface area contributed by atoms with Crippen LogP contribution in [0.4, 0.5) is 0 Å². The number of hydrogen-bond acceptors (Lipinski definition) is 4. The van der Waals surface area contributed by atoms with Crippen LogP contribution in [-0.4, -0.2) is 36.3 Å². The zero-order valence-electron chi connectivity index (χ0n) is 17.6. The maximum Gasteiger partial charge on any atom is 0.338 e. The lowest BCUT2D eigenvalue weighted by Gasteiger charge is -2.15. The molecule has 0 aliphatic carbocycles. The summed E-state index contributed by atoms with van der Waals surface area (Å²) in [5, 5.41) is 0. The minimum atomic E-state index is -0.441. The number of carbonyl (C=O) groups is 3. The van der Waals surface area contributed by atoms with Crippen molar-refractivity contribution in [3.63, 3.8) is 0 Å². The smallest absolute Gasteiger partial charge is 0.338 e. The first-order valence-corrected chi connectivity index (χ1v) is 10.3. The van der Waals surface area contributed by atoms with E-state index in [1.54, 1.807) is 36.4 Å². The number of rotatable bonds is 5. The zero-order chi connectivity index (χ0) is 22.5. The zero-order valence-corrected chi connectivity index (χ0v) is 17.6. The van der Waals surface area contributed by atoms with Crippen molar-refractivity contribution in [2.24, 2.45) is 0 Å². The Labute approximate surface area is 186 Å².